The molecule has 0 saturated heterocycles. The molecule has 4 aromatic rings. The average molecular weight is 532 g/mol. The first kappa shape index (κ1) is 24.9. The highest BCUT2D eigenvalue weighted by atomic mass is 79.9. The van der Waals surface area contributed by atoms with Crippen molar-refractivity contribution < 1.29 is 4.79 Å². The molecule has 0 aliphatic heterocycles. The third kappa shape index (κ3) is 5.22. The molecule has 3 aromatic carbocycles. The molecule has 4 rings (SSSR count). The summed E-state index contributed by atoms with van der Waals surface area (Å²) >= 11 is 3.48. The van der Waals surface area contributed by atoms with Crippen LogP contribution in [0.4, 0.5) is 0 Å². The summed E-state index contributed by atoms with van der Waals surface area (Å²) in [4.78, 5) is 34.2. The molecule has 0 aliphatic carbocycles. The van der Waals surface area contributed by atoms with Gasteiger partial charge in [-0.15, -0.1) is 0 Å². The standard InChI is InChI=1S/C29H30BrN3O2/c1-4-6-18-32(28(34)22-10-9-11-23(30)19-22)20(3)27-31-26-13-8-7-12-25(26)29(35)33(27)24-16-14-21(5-2)15-17-24/h7-17,19-20H,4-6,18H2,1-3H3. The molecule has 0 N–H and O–H groups in total. The fourth-order valence-electron chi connectivity index (χ4n) is 4.29. The first-order valence-corrected chi connectivity index (χ1v) is 12.9. The lowest BCUT2D eigenvalue weighted by atomic mass is 10.1. The lowest BCUT2D eigenvalue weighted by Crippen LogP contribution is -2.38. The molecule has 1 atom stereocenters. The number of unbranched alkanes of at least 4 members (excludes halogenated alkanes) is 1. The van der Waals surface area contributed by atoms with Crippen LogP contribution in [0.2, 0.25) is 0 Å². The highest BCUT2D eigenvalue weighted by Gasteiger charge is 2.27. The van der Waals surface area contributed by atoms with E-state index in [1.54, 1.807) is 10.6 Å². The third-order valence-electron chi connectivity index (χ3n) is 6.33. The van der Waals surface area contributed by atoms with Gasteiger partial charge in [0.2, 0.25) is 0 Å². The summed E-state index contributed by atoms with van der Waals surface area (Å²) in [6, 6.07) is 22.4. The van der Waals surface area contributed by atoms with Gasteiger partial charge in [-0.1, -0.05) is 66.5 Å². The van der Waals surface area contributed by atoms with Crippen molar-refractivity contribution in [2.24, 2.45) is 0 Å². The van der Waals surface area contributed by atoms with Crippen LogP contribution in [0.25, 0.3) is 16.6 Å². The van der Waals surface area contributed by atoms with Crippen molar-refractivity contribution in [2.45, 2.75) is 46.1 Å². The zero-order valence-electron chi connectivity index (χ0n) is 20.4. The minimum absolute atomic E-state index is 0.0810. The minimum atomic E-state index is -0.420. The number of aromatic nitrogens is 2. The van der Waals surface area contributed by atoms with Crippen LogP contribution >= 0.6 is 15.9 Å². The number of aryl methyl sites for hydroxylation is 1. The summed E-state index contributed by atoms with van der Waals surface area (Å²) in [6.07, 6.45) is 2.72. The molecule has 5 nitrogen and oxygen atoms in total. The van der Waals surface area contributed by atoms with Crippen LogP contribution in [0.1, 0.15) is 61.4 Å². The van der Waals surface area contributed by atoms with Crippen molar-refractivity contribution in [2.75, 3.05) is 6.54 Å². The molecule has 180 valence electrons. The number of fused-ring (bicyclic) bond motifs is 1. The maximum absolute atomic E-state index is 13.7. The van der Waals surface area contributed by atoms with E-state index in [4.69, 9.17) is 4.98 Å². The maximum Gasteiger partial charge on any atom is 0.266 e. The van der Waals surface area contributed by atoms with Gasteiger partial charge in [-0.3, -0.25) is 14.2 Å². The molecular weight excluding hydrogens is 502 g/mol. The number of amides is 1. The quantitative estimate of drug-likeness (QED) is 0.253. The van der Waals surface area contributed by atoms with E-state index in [9.17, 15) is 9.59 Å². The monoisotopic (exact) mass is 531 g/mol. The summed E-state index contributed by atoms with van der Waals surface area (Å²) in [5.74, 6) is 0.472. The predicted molar refractivity (Wildman–Crippen MR) is 145 cm³/mol. The highest BCUT2D eigenvalue weighted by Crippen LogP contribution is 2.26. The van der Waals surface area contributed by atoms with E-state index in [0.29, 0.717) is 28.8 Å². The maximum atomic E-state index is 13.7. The van der Waals surface area contributed by atoms with Gasteiger partial charge in [0, 0.05) is 16.6 Å². The number of nitrogens with zero attached hydrogens (tertiary/aromatic N) is 3. The van der Waals surface area contributed by atoms with Crippen molar-refractivity contribution in [1.82, 2.24) is 14.5 Å². The van der Waals surface area contributed by atoms with Crippen LogP contribution in [0.3, 0.4) is 0 Å². The van der Waals surface area contributed by atoms with Crippen LogP contribution in [-0.4, -0.2) is 26.9 Å². The number of hydrogen-bond acceptors (Lipinski definition) is 3. The second-order valence-electron chi connectivity index (χ2n) is 8.69. The summed E-state index contributed by atoms with van der Waals surface area (Å²) in [7, 11) is 0. The Balaban J connectivity index is 1.89. The second-order valence-corrected chi connectivity index (χ2v) is 9.60. The van der Waals surface area contributed by atoms with E-state index >= 15 is 0 Å². The van der Waals surface area contributed by atoms with E-state index in [1.165, 1.54) is 5.56 Å². The van der Waals surface area contributed by atoms with E-state index in [0.717, 1.165) is 29.4 Å². The largest absolute Gasteiger partial charge is 0.329 e. The Kier molecular flexibility index (Phi) is 7.81. The fraction of sp³-hybridized carbons (Fsp3) is 0.276. The van der Waals surface area contributed by atoms with Gasteiger partial charge in [-0.25, -0.2) is 4.98 Å². The molecule has 1 heterocycles. The van der Waals surface area contributed by atoms with Crippen LogP contribution in [0, 0.1) is 0 Å². The van der Waals surface area contributed by atoms with Crippen molar-refractivity contribution in [1.29, 1.82) is 0 Å². The fourth-order valence-corrected chi connectivity index (χ4v) is 4.69. The molecule has 6 heteroatoms. The van der Waals surface area contributed by atoms with Crippen molar-refractivity contribution >= 4 is 32.7 Å². The Morgan fingerprint density at radius 1 is 1.03 bits per heavy atom. The summed E-state index contributed by atoms with van der Waals surface area (Å²) in [6.45, 7) is 6.73. The van der Waals surface area contributed by atoms with Crippen molar-refractivity contribution in [3.05, 3.63) is 105 Å². The first-order valence-electron chi connectivity index (χ1n) is 12.1. The van der Waals surface area contributed by atoms with Crippen LogP contribution < -0.4 is 5.56 Å². The number of carbonyl (C=O) groups is 1. The number of halogens is 1. The van der Waals surface area contributed by atoms with E-state index in [1.807, 2.05) is 78.6 Å². The number of rotatable bonds is 8. The molecule has 0 spiro atoms. The Labute approximate surface area is 214 Å². The van der Waals surface area contributed by atoms with Gasteiger partial charge in [0.25, 0.3) is 11.5 Å². The Morgan fingerprint density at radius 2 is 1.77 bits per heavy atom. The normalized spacial score (nSPS) is 12.0. The number of carbonyl (C=O) groups excluding carboxylic acids is 1. The number of hydrogen-bond donors (Lipinski definition) is 0. The van der Waals surface area contributed by atoms with E-state index in [2.05, 4.69) is 29.8 Å². The Hall–Kier alpha value is -3.25. The molecule has 0 aliphatic rings. The minimum Gasteiger partial charge on any atom is -0.329 e. The molecule has 1 unspecified atom stereocenters. The van der Waals surface area contributed by atoms with Gasteiger partial charge >= 0.3 is 0 Å². The van der Waals surface area contributed by atoms with E-state index in [-0.39, 0.29) is 11.5 Å². The molecule has 0 fully saturated rings. The predicted octanol–water partition coefficient (Wildman–Crippen LogP) is 6.71. The zero-order chi connectivity index (χ0) is 24.9. The third-order valence-corrected chi connectivity index (χ3v) is 6.82. The summed E-state index contributed by atoms with van der Waals surface area (Å²) < 4.78 is 2.52. The molecular formula is C29H30BrN3O2. The van der Waals surface area contributed by atoms with Crippen LogP contribution in [0.5, 0.6) is 0 Å². The van der Waals surface area contributed by atoms with Crippen LogP contribution in [0.15, 0.2) is 82.1 Å². The lowest BCUT2D eigenvalue weighted by molar-refractivity contribution is 0.0678. The molecule has 1 amide bonds. The highest BCUT2D eigenvalue weighted by molar-refractivity contribution is 9.10. The van der Waals surface area contributed by atoms with Gasteiger partial charge in [0.15, 0.2) is 0 Å². The van der Waals surface area contributed by atoms with Crippen LogP contribution in [-0.2, 0) is 6.42 Å². The van der Waals surface area contributed by atoms with Gasteiger partial charge in [-0.05, 0) is 67.8 Å². The Bertz CT molecular complexity index is 1400. The van der Waals surface area contributed by atoms with Gasteiger partial charge < -0.3 is 4.90 Å². The Morgan fingerprint density at radius 3 is 2.46 bits per heavy atom. The molecule has 0 saturated carbocycles. The molecule has 1 aromatic heterocycles. The second kappa shape index (κ2) is 11.0. The zero-order valence-corrected chi connectivity index (χ0v) is 22.0. The SMILES string of the molecule is CCCCN(C(=O)c1cccc(Br)c1)C(C)c1nc2ccccc2c(=O)n1-c1ccc(CC)cc1. The summed E-state index contributed by atoms with van der Waals surface area (Å²) in [5, 5.41) is 0.557. The van der Waals surface area contributed by atoms with Crippen molar-refractivity contribution in [3.63, 3.8) is 0 Å². The van der Waals surface area contributed by atoms with Crippen molar-refractivity contribution in [3.8, 4) is 5.69 Å². The smallest absolute Gasteiger partial charge is 0.266 e. The van der Waals surface area contributed by atoms with Gasteiger partial charge in [0.05, 0.1) is 22.6 Å². The topological polar surface area (TPSA) is 55.2 Å². The first-order chi connectivity index (χ1) is 16.9. The number of benzene rings is 3. The molecule has 35 heavy (non-hydrogen) atoms. The number of para-hydroxylation sites is 1. The molecule has 0 radical (unpaired) electrons. The molecule has 0 bridgehead atoms. The summed E-state index contributed by atoms with van der Waals surface area (Å²) in [5.41, 5.74) is 3.04. The average Bonchev–Trinajstić information content (AvgIpc) is 2.88. The van der Waals surface area contributed by atoms with Gasteiger partial charge in [0.1, 0.15) is 5.82 Å². The lowest BCUT2D eigenvalue weighted by Gasteiger charge is -2.31. The van der Waals surface area contributed by atoms with Gasteiger partial charge in [-0.2, -0.15) is 0 Å². The van der Waals surface area contributed by atoms with E-state index < -0.39 is 6.04 Å².